The number of nitrogens with zero attached hydrogens (tertiary/aromatic N) is 2. The van der Waals surface area contributed by atoms with Crippen molar-refractivity contribution in [1.29, 1.82) is 0 Å². The zero-order chi connectivity index (χ0) is 17.1. The minimum atomic E-state index is 0.0406. The third-order valence-corrected chi connectivity index (χ3v) is 5.01. The number of hydrogen-bond donors (Lipinski definition) is 0. The Kier molecular flexibility index (Phi) is 4.81. The lowest BCUT2D eigenvalue weighted by molar-refractivity contribution is -0.129. The van der Waals surface area contributed by atoms with Crippen molar-refractivity contribution in [3.05, 3.63) is 63.7 Å². The molecule has 0 aliphatic heterocycles. The third-order valence-electron chi connectivity index (χ3n) is 4.01. The summed E-state index contributed by atoms with van der Waals surface area (Å²) in [4.78, 5) is 20.0. The van der Waals surface area contributed by atoms with Gasteiger partial charge in [0.15, 0.2) is 0 Å². The van der Waals surface area contributed by atoms with E-state index in [1.54, 1.807) is 16.2 Å². The summed E-state index contributed by atoms with van der Waals surface area (Å²) in [7, 11) is 1.83. The molecule has 2 aromatic heterocycles. The Balaban J connectivity index is 1.70. The molecule has 0 N–H and O–H groups in total. The number of rotatable bonds is 5. The summed E-state index contributed by atoms with van der Waals surface area (Å²) < 4.78 is 5.73. The molecule has 0 aliphatic carbocycles. The number of thiophene rings is 1. The summed E-state index contributed by atoms with van der Waals surface area (Å²) in [6.45, 7) is 4.55. The highest BCUT2D eigenvalue weighted by Crippen LogP contribution is 2.22. The van der Waals surface area contributed by atoms with Crippen LogP contribution in [0.3, 0.4) is 0 Å². The van der Waals surface area contributed by atoms with E-state index >= 15 is 0 Å². The number of aromatic nitrogens is 1. The average molecular weight is 340 g/mol. The largest absolute Gasteiger partial charge is 0.441 e. The van der Waals surface area contributed by atoms with Crippen LogP contribution in [0, 0.1) is 13.8 Å². The predicted molar refractivity (Wildman–Crippen MR) is 95.9 cm³/mol. The molecule has 0 fully saturated rings. The molecule has 4 nitrogen and oxygen atoms in total. The van der Waals surface area contributed by atoms with Gasteiger partial charge in [-0.15, -0.1) is 11.3 Å². The fourth-order valence-electron chi connectivity index (χ4n) is 2.44. The Hall–Kier alpha value is -2.40. The van der Waals surface area contributed by atoms with Crippen molar-refractivity contribution >= 4 is 17.2 Å². The van der Waals surface area contributed by atoms with Crippen LogP contribution in [-0.2, 0) is 17.8 Å². The van der Waals surface area contributed by atoms with Gasteiger partial charge in [-0.1, -0.05) is 18.2 Å². The lowest BCUT2D eigenvalue weighted by Gasteiger charge is -2.16. The van der Waals surface area contributed by atoms with E-state index in [4.69, 9.17) is 4.42 Å². The number of carbonyl (C=O) groups is 1. The summed E-state index contributed by atoms with van der Waals surface area (Å²) in [6.07, 6.45) is 0.253. The van der Waals surface area contributed by atoms with E-state index < -0.39 is 0 Å². The molecular formula is C19H20N2O2S. The first-order chi connectivity index (χ1) is 11.5. The van der Waals surface area contributed by atoms with Gasteiger partial charge in [0.05, 0.1) is 18.7 Å². The Morgan fingerprint density at radius 2 is 1.96 bits per heavy atom. The summed E-state index contributed by atoms with van der Waals surface area (Å²) >= 11 is 1.68. The molecule has 0 bridgehead atoms. The fourth-order valence-corrected chi connectivity index (χ4v) is 3.40. The molecule has 3 aromatic rings. The fraction of sp³-hybridized carbons (Fsp3) is 0.263. The van der Waals surface area contributed by atoms with Gasteiger partial charge in [-0.25, -0.2) is 4.98 Å². The van der Waals surface area contributed by atoms with Gasteiger partial charge in [0.1, 0.15) is 5.76 Å². The van der Waals surface area contributed by atoms with E-state index in [0.29, 0.717) is 23.9 Å². The van der Waals surface area contributed by atoms with Crippen LogP contribution in [0.5, 0.6) is 0 Å². The highest BCUT2D eigenvalue weighted by Gasteiger charge is 2.18. The zero-order valence-electron chi connectivity index (χ0n) is 14.1. The monoisotopic (exact) mass is 340 g/mol. The van der Waals surface area contributed by atoms with Gasteiger partial charge >= 0.3 is 0 Å². The van der Waals surface area contributed by atoms with Crippen molar-refractivity contribution in [1.82, 2.24) is 9.88 Å². The number of amides is 1. The third kappa shape index (κ3) is 3.57. The number of carbonyl (C=O) groups excluding carboxylic acids is 1. The normalized spacial score (nSPS) is 10.8. The first-order valence-corrected chi connectivity index (χ1v) is 8.71. The van der Waals surface area contributed by atoms with Crippen LogP contribution in [-0.4, -0.2) is 22.8 Å². The molecule has 3 rings (SSSR count). The second-order valence-electron chi connectivity index (χ2n) is 5.84. The first kappa shape index (κ1) is 16.5. The number of benzene rings is 1. The summed E-state index contributed by atoms with van der Waals surface area (Å²) in [6, 6.07) is 11.8. The van der Waals surface area contributed by atoms with Crippen LogP contribution in [0.25, 0.3) is 11.5 Å². The topological polar surface area (TPSA) is 46.3 Å². The van der Waals surface area contributed by atoms with Crippen LogP contribution >= 0.6 is 11.3 Å². The van der Waals surface area contributed by atoms with Gasteiger partial charge < -0.3 is 9.32 Å². The standard InChI is InChI=1S/C19H20N2O2S/c1-13-9-10-24-17(13)12-21(3)18(22)11-16-14(2)23-19(20-16)15-7-5-4-6-8-15/h4-10H,11-12H2,1-3H3. The van der Waals surface area contributed by atoms with Gasteiger partial charge in [0, 0.05) is 17.5 Å². The number of likely N-dealkylation sites (N-methyl/N-ethyl adjacent to an activating group) is 1. The second kappa shape index (κ2) is 7.01. The summed E-state index contributed by atoms with van der Waals surface area (Å²) in [5.41, 5.74) is 2.85. The van der Waals surface area contributed by atoms with E-state index in [-0.39, 0.29) is 12.3 Å². The van der Waals surface area contributed by atoms with Gasteiger partial charge in [0.25, 0.3) is 0 Å². The van der Waals surface area contributed by atoms with E-state index in [0.717, 1.165) is 5.56 Å². The van der Waals surface area contributed by atoms with Crippen LogP contribution in [0.15, 0.2) is 46.2 Å². The van der Waals surface area contributed by atoms with Crippen molar-refractivity contribution in [3.63, 3.8) is 0 Å². The Morgan fingerprint density at radius 1 is 1.21 bits per heavy atom. The first-order valence-electron chi connectivity index (χ1n) is 7.83. The molecule has 0 saturated carbocycles. The van der Waals surface area contributed by atoms with E-state index in [1.165, 1.54) is 10.4 Å². The molecule has 0 atom stereocenters. The van der Waals surface area contributed by atoms with Crippen molar-refractivity contribution in [3.8, 4) is 11.5 Å². The SMILES string of the molecule is Cc1ccsc1CN(C)C(=O)Cc1nc(-c2ccccc2)oc1C. The molecule has 24 heavy (non-hydrogen) atoms. The lowest BCUT2D eigenvalue weighted by Crippen LogP contribution is -2.27. The highest BCUT2D eigenvalue weighted by atomic mass is 32.1. The van der Waals surface area contributed by atoms with E-state index in [9.17, 15) is 4.79 Å². The van der Waals surface area contributed by atoms with Gasteiger partial charge in [-0.2, -0.15) is 0 Å². The summed E-state index contributed by atoms with van der Waals surface area (Å²) in [5.74, 6) is 1.30. The molecule has 0 spiro atoms. The van der Waals surface area contributed by atoms with Crippen LogP contribution in [0.4, 0.5) is 0 Å². The molecule has 0 radical (unpaired) electrons. The van der Waals surface area contributed by atoms with Crippen molar-refractivity contribution in [2.24, 2.45) is 0 Å². The second-order valence-corrected chi connectivity index (χ2v) is 6.84. The highest BCUT2D eigenvalue weighted by molar-refractivity contribution is 7.10. The maximum absolute atomic E-state index is 12.5. The molecule has 5 heteroatoms. The molecule has 0 unspecified atom stereocenters. The van der Waals surface area contributed by atoms with E-state index in [2.05, 4.69) is 23.4 Å². The van der Waals surface area contributed by atoms with Crippen LogP contribution in [0.1, 0.15) is 21.9 Å². The smallest absolute Gasteiger partial charge is 0.228 e. The van der Waals surface area contributed by atoms with Gasteiger partial charge in [-0.05, 0) is 43.0 Å². The minimum absolute atomic E-state index is 0.0406. The van der Waals surface area contributed by atoms with Crippen molar-refractivity contribution in [2.75, 3.05) is 7.05 Å². The maximum atomic E-state index is 12.5. The van der Waals surface area contributed by atoms with Crippen molar-refractivity contribution in [2.45, 2.75) is 26.8 Å². The van der Waals surface area contributed by atoms with Crippen LogP contribution < -0.4 is 0 Å². The molecule has 1 amide bonds. The van der Waals surface area contributed by atoms with Gasteiger partial charge in [-0.3, -0.25) is 4.79 Å². The molecule has 2 heterocycles. The average Bonchev–Trinajstić information content (AvgIpc) is 3.15. The minimum Gasteiger partial charge on any atom is -0.441 e. The number of hydrogen-bond acceptors (Lipinski definition) is 4. The zero-order valence-corrected chi connectivity index (χ0v) is 14.9. The Bertz CT molecular complexity index is 836. The number of oxazole rings is 1. The van der Waals surface area contributed by atoms with Crippen molar-refractivity contribution < 1.29 is 9.21 Å². The molecule has 0 saturated heterocycles. The molecular weight excluding hydrogens is 320 g/mol. The molecule has 1 aromatic carbocycles. The molecule has 0 aliphatic rings. The van der Waals surface area contributed by atoms with Gasteiger partial charge in [0.2, 0.25) is 11.8 Å². The predicted octanol–water partition coefficient (Wildman–Crippen LogP) is 4.22. The Morgan fingerprint density at radius 3 is 2.62 bits per heavy atom. The quantitative estimate of drug-likeness (QED) is 0.698. The summed E-state index contributed by atoms with van der Waals surface area (Å²) in [5, 5.41) is 2.05. The maximum Gasteiger partial charge on any atom is 0.228 e. The molecule has 124 valence electrons. The lowest BCUT2D eigenvalue weighted by atomic mass is 10.2. The van der Waals surface area contributed by atoms with E-state index in [1.807, 2.05) is 44.3 Å². The Labute approximate surface area is 145 Å². The number of aryl methyl sites for hydroxylation is 2. The van der Waals surface area contributed by atoms with Crippen LogP contribution in [0.2, 0.25) is 0 Å².